The third-order valence-electron chi connectivity index (χ3n) is 4.64. The van der Waals surface area contributed by atoms with Crippen LogP contribution in [0.5, 0.6) is 0 Å². The van der Waals surface area contributed by atoms with Crippen molar-refractivity contribution in [2.24, 2.45) is 11.7 Å². The van der Waals surface area contributed by atoms with E-state index in [1.807, 2.05) is 6.07 Å². The number of amides is 1. The summed E-state index contributed by atoms with van der Waals surface area (Å²) in [5, 5.41) is 3.42. The number of benzene rings is 1. The lowest BCUT2D eigenvalue weighted by atomic mass is 9.87. The Hall–Kier alpha value is -1.39. The van der Waals surface area contributed by atoms with Crippen LogP contribution in [0, 0.1) is 5.92 Å². The summed E-state index contributed by atoms with van der Waals surface area (Å²) in [5.41, 5.74) is 7.18. The molecule has 0 aromatic heterocycles. The molecule has 4 nitrogen and oxygen atoms in total. The molecule has 0 spiro atoms. The van der Waals surface area contributed by atoms with E-state index < -0.39 is 0 Å². The van der Waals surface area contributed by atoms with Gasteiger partial charge in [-0.3, -0.25) is 15.8 Å². The van der Waals surface area contributed by atoms with Crippen molar-refractivity contribution in [3.05, 3.63) is 35.9 Å². The zero-order valence-corrected chi connectivity index (χ0v) is 11.5. The van der Waals surface area contributed by atoms with Crippen LogP contribution in [0.3, 0.4) is 0 Å². The second kappa shape index (κ2) is 4.32. The summed E-state index contributed by atoms with van der Waals surface area (Å²) in [6.07, 6.45) is 1.30. The van der Waals surface area contributed by atoms with Crippen LogP contribution in [0.2, 0.25) is 0 Å². The Bertz CT molecular complexity index is 489. The molecule has 19 heavy (non-hydrogen) atoms. The summed E-state index contributed by atoms with van der Waals surface area (Å²) in [5.74, 6) is 1.19. The number of nitrogens with zero attached hydrogens (tertiary/aromatic N) is 1. The van der Waals surface area contributed by atoms with Gasteiger partial charge in [-0.05, 0) is 30.7 Å². The fraction of sp³-hybridized carbons (Fsp3) is 0.533. The molecule has 4 atom stereocenters. The second-order valence-electron chi connectivity index (χ2n) is 6.05. The number of carbonyl (C=O) groups excluding carboxylic acids is 1. The molecular weight excluding hydrogens is 238 g/mol. The molecule has 1 aromatic carbocycles. The molecule has 1 amide bonds. The predicted octanol–water partition coefficient (Wildman–Crippen LogP) is 1.24. The first-order valence-electron chi connectivity index (χ1n) is 6.85. The molecule has 102 valence electrons. The minimum absolute atomic E-state index is 0.132. The van der Waals surface area contributed by atoms with Crippen molar-refractivity contribution in [3.8, 4) is 0 Å². The molecule has 1 aliphatic heterocycles. The van der Waals surface area contributed by atoms with Crippen molar-refractivity contribution in [2.45, 2.75) is 37.5 Å². The number of hydrogen-bond acceptors (Lipinski definition) is 3. The number of nitrogens with one attached hydrogen (secondary N) is 1. The van der Waals surface area contributed by atoms with Gasteiger partial charge in [-0.2, -0.15) is 0 Å². The average Bonchev–Trinajstić information content (AvgIpc) is 3.18. The van der Waals surface area contributed by atoms with Crippen molar-refractivity contribution < 1.29 is 4.79 Å². The van der Waals surface area contributed by atoms with Gasteiger partial charge in [-0.25, -0.2) is 0 Å². The van der Waals surface area contributed by atoms with E-state index in [-0.39, 0.29) is 17.7 Å². The zero-order valence-electron chi connectivity index (χ0n) is 11.5. The lowest BCUT2D eigenvalue weighted by Gasteiger charge is -2.43. The summed E-state index contributed by atoms with van der Waals surface area (Å²) in [6.45, 7) is 2.13. The maximum absolute atomic E-state index is 12.0. The van der Waals surface area contributed by atoms with Crippen LogP contribution in [0.25, 0.3) is 0 Å². The van der Waals surface area contributed by atoms with Gasteiger partial charge in [0.05, 0.1) is 0 Å². The van der Waals surface area contributed by atoms with Crippen LogP contribution in [0.15, 0.2) is 30.3 Å². The normalized spacial score (nSPS) is 38.4. The molecule has 2 aliphatic rings. The molecule has 1 saturated heterocycles. The van der Waals surface area contributed by atoms with Crippen molar-refractivity contribution >= 4 is 5.91 Å². The molecule has 0 bridgehead atoms. The number of carbonyl (C=O) groups is 1. The van der Waals surface area contributed by atoms with Crippen LogP contribution >= 0.6 is 0 Å². The molecule has 0 radical (unpaired) electrons. The van der Waals surface area contributed by atoms with Crippen LogP contribution in [0.1, 0.15) is 31.2 Å². The van der Waals surface area contributed by atoms with E-state index in [1.54, 1.807) is 11.9 Å². The second-order valence-corrected chi connectivity index (χ2v) is 6.05. The van der Waals surface area contributed by atoms with Crippen LogP contribution in [-0.4, -0.2) is 29.7 Å². The Balaban J connectivity index is 1.75. The van der Waals surface area contributed by atoms with Gasteiger partial charge in [0.25, 0.3) is 0 Å². The quantitative estimate of drug-likeness (QED) is 0.840. The monoisotopic (exact) mass is 259 g/mol. The summed E-state index contributed by atoms with van der Waals surface area (Å²) in [4.78, 5) is 13.6. The fourth-order valence-corrected chi connectivity index (χ4v) is 3.29. The van der Waals surface area contributed by atoms with Gasteiger partial charge >= 0.3 is 0 Å². The van der Waals surface area contributed by atoms with E-state index in [2.05, 4.69) is 36.5 Å². The standard InChI is InChI=1S/C15H21N3O/c1-15(9-13(19)18(2)14(16)17-15)12-8-11(12)10-6-4-3-5-7-10/h3-7,11-12,14,17H,8-9,16H2,1-2H3/t11-,12+,14?,15-/m0/s1. The summed E-state index contributed by atoms with van der Waals surface area (Å²) in [7, 11) is 1.75. The van der Waals surface area contributed by atoms with Crippen molar-refractivity contribution in [1.82, 2.24) is 10.2 Å². The van der Waals surface area contributed by atoms with Crippen molar-refractivity contribution in [2.75, 3.05) is 7.05 Å². The Morgan fingerprint density at radius 2 is 2.05 bits per heavy atom. The SMILES string of the molecule is CN1C(=O)C[C@@](C)([C@@H]2C[C@H]2c2ccccc2)NC1N. The maximum atomic E-state index is 12.0. The number of nitrogens with two attached hydrogens (primary N) is 1. The summed E-state index contributed by atoms with van der Waals surface area (Å²) < 4.78 is 0. The molecule has 4 heteroatoms. The molecule has 1 heterocycles. The number of hydrogen-bond donors (Lipinski definition) is 2. The Morgan fingerprint density at radius 1 is 1.37 bits per heavy atom. The minimum Gasteiger partial charge on any atom is -0.317 e. The third-order valence-corrected chi connectivity index (χ3v) is 4.64. The molecule has 1 unspecified atom stereocenters. The smallest absolute Gasteiger partial charge is 0.226 e. The number of rotatable bonds is 2. The predicted molar refractivity (Wildman–Crippen MR) is 74.2 cm³/mol. The Labute approximate surface area is 114 Å². The van der Waals surface area contributed by atoms with E-state index in [0.29, 0.717) is 18.3 Å². The van der Waals surface area contributed by atoms with Gasteiger partial charge < -0.3 is 4.90 Å². The topological polar surface area (TPSA) is 58.4 Å². The third kappa shape index (κ3) is 2.15. The lowest BCUT2D eigenvalue weighted by Crippen LogP contribution is -2.67. The van der Waals surface area contributed by atoms with Gasteiger partial charge in [-0.1, -0.05) is 30.3 Å². The van der Waals surface area contributed by atoms with E-state index in [1.165, 1.54) is 5.56 Å². The minimum atomic E-state index is -0.372. The van der Waals surface area contributed by atoms with E-state index in [0.717, 1.165) is 6.42 Å². The van der Waals surface area contributed by atoms with Crippen LogP contribution in [-0.2, 0) is 4.79 Å². The van der Waals surface area contributed by atoms with Crippen LogP contribution < -0.4 is 11.1 Å². The van der Waals surface area contributed by atoms with Crippen LogP contribution in [0.4, 0.5) is 0 Å². The first-order chi connectivity index (χ1) is 9.01. The fourth-order valence-electron chi connectivity index (χ4n) is 3.29. The first kappa shape index (κ1) is 12.6. The Kier molecular flexibility index (Phi) is 2.87. The highest BCUT2D eigenvalue weighted by atomic mass is 16.2. The molecular formula is C15H21N3O. The van der Waals surface area contributed by atoms with Gasteiger partial charge in [0.15, 0.2) is 0 Å². The van der Waals surface area contributed by atoms with E-state index in [4.69, 9.17) is 5.73 Å². The highest BCUT2D eigenvalue weighted by Crippen LogP contribution is 2.54. The highest BCUT2D eigenvalue weighted by molar-refractivity contribution is 5.78. The summed E-state index contributed by atoms with van der Waals surface area (Å²) in [6, 6.07) is 10.5. The zero-order chi connectivity index (χ0) is 13.6. The molecule has 1 aromatic rings. The van der Waals surface area contributed by atoms with Gasteiger partial charge in [0, 0.05) is 19.0 Å². The van der Waals surface area contributed by atoms with Gasteiger partial charge in [-0.15, -0.1) is 0 Å². The van der Waals surface area contributed by atoms with E-state index >= 15 is 0 Å². The lowest BCUT2D eigenvalue weighted by molar-refractivity contribution is -0.139. The van der Waals surface area contributed by atoms with E-state index in [9.17, 15) is 4.79 Å². The summed E-state index contributed by atoms with van der Waals surface area (Å²) >= 11 is 0. The van der Waals surface area contributed by atoms with Crippen molar-refractivity contribution in [1.29, 1.82) is 0 Å². The van der Waals surface area contributed by atoms with Gasteiger partial charge in [0.1, 0.15) is 6.29 Å². The Morgan fingerprint density at radius 3 is 2.68 bits per heavy atom. The van der Waals surface area contributed by atoms with Crippen molar-refractivity contribution in [3.63, 3.8) is 0 Å². The molecule has 1 aliphatic carbocycles. The molecule has 3 rings (SSSR count). The molecule has 2 fully saturated rings. The largest absolute Gasteiger partial charge is 0.317 e. The first-order valence-corrected chi connectivity index (χ1v) is 6.85. The molecule has 1 saturated carbocycles. The average molecular weight is 259 g/mol. The van der Waals surface area contributed by atoms with Gasteiger partial charge in [0.2, 0.25) is 5.91 Å². The maximum Gasteiger partial charge on any atom is 0.226 e. The highest BCUT2D eigenvalue weighted by Gasteiger charge is 2.54. The molecule has 3 N–H and O–H groups in total.